The van der Waals surface area contributed by atoms with E-state index >= 15 is 0 Å². The van der Waals surface area contributed by atoms with E-state index in [-0.39, 0.29) is 17.6 Å². The molecule has 1 aromatic carbocycles. The molecule has 25 heavy (non-hydrogen) atoms. The predicted molar refractivity (Wildman–Crippen MR) is 98.6 cm³/mol. The van der Waals surface area contributed by atoms with Gasteiger partial charge in [-0.1, -0.05) is 26.3 Å². The number of hydrogen-bond donors (Lipinski definition) is 2. The number of phenolic OH excluding ortho intramolecular Hbond substituents is 1. The third-order valence-electron chi connectivity index (χ3n) is 7.51. The second-order valence-electron chi connectivity index (χ2n) is 8.78. The second kappa shape index (κ2) is 6.59. The Hall–Kier alpha value is -1.06. The zero-order valence-corrected chi connectivity index (χ0v) is 15.6. The van der Waals surface area contributed by atoms with Crippen LogP contribution >= 0.6 is 0 Å². The van der Waals surface area contributed by atoms with Crippen molar-refractivity contribution in [2.45, 2.75) is 76.9 Å². The van der Waals surface area contributed by atoms with E-state index in [1.54, 1.807) is 0 Å². The molecule has 2 N–H and O–H groups in total. The number of fused-ring (bicyclic) bond motifs is 5. The molecule has 0 unspecified atom stereocenters. The molecule has 2 saturated carbocycles. The Morgan fingerprint density at radius 2 is 2.04 bits per heavy atom. The van der Waals surface area contributed by atoms with Gasteiger partial charge in [0.15, 0.2) is 0 Å². The number of ether oxygens (including phenoxy) is 1. The standard InChI is InChI=1S/C22H32O3/c1-3-4-11-25-20-13-17-16(15-6-5-14(23)12-18(15)20)9-10-22(2)19(17)7-8-21(22)24/h5-6,12,16-17,19-21,23-24H,3-4,7-11,13H2,1-2H3/t16-,17-,19+,20-,21+,22+/m1/s1. The minimum Gasteiger partial charge on any atom is -0.508 e. The van der Waals surface area contributed by atoms with Crippen LogP contribution < -0.4 is 0 Å². The molecule has 3 aliphatic carbocycles. The van der Waals surface area contributed by atoms with Gasteiger partial charge in [0.2, 0.25) is 0 Å². The Morgan fingerprint density at radius 3 is 2.84 bits per heavy atom. The Morgan fingerprint density at radius 1 is 1.20 bits per heavy atom. The van der Waals surface area contributed by atoms with E-state index in [2.05, 4.69) is 19.9 Å². The maximum absolute atomic E-state index is 10.6. The van der Waals surface area contributed by atoms with E-state index < -0.39 is 0 Å². The molecule has 0 saturated heterocycles. The van der Waals surface area contributed by atoms with E-state index in [1.165, 1.54) is 11.1 Å². The Labute approximate surface area is 151 Å². The highest BCUT2D eigenvalue weighted by Gasteiger charge is 2.55. The molecule has 0 bridgehead atoms. The van der Waals surface area contributed by atoms with Crippen LogP contribution in [0, 0.1) is 17.3 Å². The normalized spacial score (nSPS) is 39.6. The van der Waals surface area contributed by atoms with Crippen molar-refractivity contribution < 1.29 is 14.9 Å². The number of unbranched alkanes of at least 4 members (excludes halogenated alkanes) is 1. The predicted octanol–water partition coefficient (Wildman–Crippen LogP) is 4.92. The minimum absolute atomic E-state index is 0.0869. The molecule has 6 atom stereocenters. The monoisotopic (exact) mass is 344 g/mol. The molecule has 0 spiro atoms. The molecule has 3 nitrogen and oxygen atoms in total. The van der Waals surface area contributed by atoms with E-state index in [4.69, 9.17) is 4.74 Å². The minimum atomic E-state index is -0.140. The van der Waals surface area contributed by atoms with Gasteiger partial charge in [-0.25, -0.2) is 0 Å². The van der Waals surface area contributed by atoms with Crippen LogP contribution in [-0.2, 0) is 4.74 Å². The van der Waals surface area contributed by atoms with Crippen LogP contribution in [0.5, 0.6) is 5.75 Å². The highest BCUT2D eigenvalue weighted by molar-refractivity contribution is 5.41. The summed E-state index contributed by atoms with van der Waals surface area (Å²) < 4.78 is 6.29. The summed E-state index contributed by atoms with van der Waals surface area (Å²) in [5.74, 6) is 2.10. The van der Waals surface area contributed by atoms with Gasteiger partial charge in [0.25, 0.3) is 0 Å². The fourth-order valence-electron chi connectivity index (χ4n) is 6.06. The van der Waals surface area contributed by atoms with E-state index in [0.29, 0.717) is 23.5 Å². The molecule has 0 amide bonds. The summed E-state index contributed by atoms with van der Waals surface area (Å²) in [5.41, 5.74) is 2.68. The van der Waals surface area contributed by atoms with Gasteiger partial charge in [-0.05, 0) is 85.0 Å². The zero-order valence-electron chi connectivity index (χ0n) is 15.6. The van der Waals surface area contributed by atoms with Gasteiger partial charge in [0.1, 0.15) is 5.75 Å². The molecule has 2 fully saturated rings. The first kappa shape index (κ1) is 17.4. The Kier molecular flexibility index (Phi) is 4.57. The molecule has 0 aromatic heterocycles. The molecule has 0 aliphatic heterocycles. The maximum atomic E-state index is 10.6. The Bertz CT molecular complexity index is 628. The van der Waals surface area contributed by atoms with Crippen LogP contribution in [0.2, 0.25) is 0 Å². The molecule has 0 heterocycles. The van der Waals surface area contributed by atoms with Gasteiger partial charge in [0, 0.05) is 6.61 Å². The van der Waals surface area contributed by atoms with Crippen molar-refractivity contribution >= 4 is 0 Å². The number of benzene rings is 1. The summed E-state index contributed by atoms with van der Waals surface area (Å²) in [5, 5.41) is 20.6. The summed E-state index contributed by atoms with van der Waals surface area (Å²) in [7, 11) is 0. The highest BCUT2D eigenvalue weighted by Crippen LogP contribution is 2.62. The van der Waals surface area contributed by atoms with E-state index in [9.17, 15) is 10.2 Å². The third kappa shape index (κ3) is 2.80. The van der Waals surface area contributed by atoms with Crippen molar-refractivity contribution in [3.8, 4) is 5.75 Å². The fourth-order valence-corrected chi connectivity index (χ4v) is 6.06. The largest absolute Gasteiger partial charge is 0.508 e. The lowest BCUT2D eigenvalue weighted by atomic mass is 9.55. The molecule has 1 aromatic rings. The van der Waals surface area contributed by atoms with Crippen molar-refractivity contribution in [3.63, 3.8) is 0 Å². The molecule has 3 aliphatic rings. The van der Waals surface area contributed by atoms with E-state index in [0.717, 1.165) is 51.6 Å². The van der Waals surface area contributed by atoms with Crippen molar-refractivity contribution in [2.24, 2.45) is 17.3 Å². The summed E-state index contributed by atoms with van der Waals surface area (Å²) in [6.07, 6.45) is 7.57. The number of aromatic hydroxyl groups is 1. The van der Waals surface area contributed by atoms with Crippen LogP contribution in [0.1, 0.15) is 81.9 Å². The average molecular weight is 344 g/mol. The first-order chi connectivity index (χ1) is 12.0. The van der Waals surface area contributed by atoms with Crippen LogP contribution in [0.15, 0.2) is 18.2 Å². The summed E-state index contributed by atoms with van der Waals surface area (Å²) in [6, 6.07) is 5.90. The van der Waals surface area contributed by atoms with Crippen LogP contribution in [-0.4, -0.2) is 22.9 Å². The first-order valence-electron chi connectivity index (χ1n) is 10.2. The molecule has 3 heteroatoms. The van der Waals surface area contributed by atoms with Gasteiger partial charge in [-0.2, -0.15) is 0 Å². The van der Waals surface area contributed by atoms with Gasteiger partial charge in [-0.3, -0.25) is 0 Å². The third-order valence-corrected chi connectivity index (χ3v) is 7.51. The van der Waals surface area contributed by atoms with Gasteiger partial charge >= 0.3 is 0 Å². The molecule has 138 valence electrons. The molecular formula is C22H32O3. The van der Waals surface area contributed by atoms with Gasteiger partial charge in [0.05, 0.1) is 12.2 Å². The lowest BCUT2D eigenvalue weighted by Gasteiger charge is -2.51. The quantitative estimate of drug-likeness (QED) is 0.762. The van der Waals surface area contributed by atoms with Crippen molar-refractivity contribution in [1.29, 1.82) is 0 Å². The van der Waals surface area contributed by atoms with Crippen molar-refractivity contribution in [1.82, 2.24) is 0 Å². The lowest BCUT2D eigenvalue weighted by Crippen LogP contribution is -2.44. The summed E-state index contributed by atoms with van der Waals surface area (Å²) >= 11 is 0. The topological polar surface area (TPSA) is 49.7 Å². The smallest absolute Gasteiger partial charge is 0.115 e. The lowest BCUT2D eigenvalue weighted by molar-refractivity contribution is -0.0511. The summed E-state index contributed by atoms with van der Waals surface area (Å²) in [6.45, 7) is 5.29. The van der Waals surface area contributed by atoms with Crippen molar-refractivity contribution in [3.05, 3.63) is 29.3 Å². The van der Waals surface area contributed by atoms with Crippen LogP contribution in [0.25, 0.3) is 0 Å². The average Bonchev–Trinajstić information content (AvgIpc) is 2.90. The van der Waals surface area contributed by atoms with Gasteiger partial charge < -0.3 is 14.9 Å². The number of hydrogen-bond acceptors (Lipinski definition) is 3. The van der Waals surface area contributed by atoms with Crippen molar-refractivity contribution in [2.75, 3.05) is 6.61 Å². The number of aliphatic hydroxyl groups is 1. The first-order valence-corrected chi connectivity index (χ1v) is 10.2. The molecule has 0 radical (unpaired) electrons. The van der Waals surface area contributed by atoms with Crippen LogP contribution in [0.4, 0.5) is 0 Å². The number of rotatable bonds is 4. The molecule has 4 rings (SSSR count). The highest BCUT2D eigenvalue weighted by atomic mass is 16.5. The number of phenols is 1. The fraction of sp³-hybridized carbons (Fsp3) is 0.727. The Balaban J connectivity index is 1.67. The summed E-state index contributed by atoms with van der Waals surface area (Å²) in [4.78, 5) is 0. The van der Waals surface area contributed by atoms with Gasteiger partial charge in [-0.15, -0.1) is 0 Å². The number of aliphatic hydroxyl groups excluding tert-OH is 1. The van der Waals surface area contributed by atoms with E-state index in [1.807, 2.05) is 12.1 Å². The SMILES string of the molecule is CCCCO[C@@H]1C[C@@H]2[C@H](CC[C@]3(C)[C@@H](O)CC[C@@H]23)c2ccc(O)cc21. The molecular weight excluding hydrogens is 312 g/mol. The maximum Gasteiger partial charge on any atom is 0.115 e. The zero-order chi connectivity index (χ0) is 17.6. The second-order valence-corrected chi connectivity index (χ2v) is 8.78. The van der Waals surface area contributed by atoms with Crippen LogP contribution in [0.3, 0.4) is 0 Å².